The molecule has 1 atom stereocenters. The van der Waals surface area contributed by atoms with Gasteiger partial charge in [-0.2, -0.15) is 11.8 Å². The van der Waals surface area contributed by atoms with E-state index in [2.05, 4.69) is 15.6 Å². The molecule has 2 aliphatic rings. The van der Waals surface area contributed by atoms with Gasteiger partial charge in [-0.3, -0.25) is 4.99 Å². The number of nitrogens with one attached hydrogen (secondary N) is 2. The number of thioether (sulfide) groups is 1. The molecule has 2 rings (SSSR count). The Morgan fingerprint density at radius 1 is 1.35 bits per heavy atom. The Balaban J connectivity index is 0.00000264. The molecule has 0 aromatic carbocycles. The molecule has 2 saturated heterocycles. The van der Waals surface area contributed by atoms with Crippen molar-refractivity contribution in [3.8, 4) is 0 Å². The van der Waals surface area contributed by atoms with Gasteiger partial charge in [-0.25, -0.2) is 12.7 Å². The molecule has 0 saturated carbocycles. The monoisotopic (exact) mass is 478 g/mol. The summed E-state index contributed by atoms with van der Waals surface area (Å²) in [5.41, 5.74) is 0. The van der Waals surface area contributed by atoms with E-state index in [1.165, 1.54) is 0 Å². The summed E-state index contributed by atoms with van der Waals surface area (Å²) in [5.74, 6) is 3.04. The SMILES string of the molecule is CN=C(NCCS(=O)(=O)N1CCSCC1)NCC1CCOC1.I. The molecule has 0 aromatic rings. The van der Waals surface area contributed by atoms with E-state index >= 15 is 0 Å². The Labute approximate surface area is 160 Å². The smallest absolute Gasteiger partial charge is 0.215 e. The number of rotatable bonds is 6. The Morgan fingerprint density at radius 3 is 2.70 bits per heavy atom. The van der Waals surface area contributed by atoms with Gasteiger partial charge in [-0.05, 0) is 6.42 Å². The molecule has 23 heavy (non-hydrogen) atoms. The number of halogens is 1. The molecule has 0 aliphatic carbocycles. The maximum atomic E-state index is 12.2. The van der Waals surface area contributed by atoms with Crippen LogP contribution in [-0.2, 0) is 14.8 Å². The lowest BCUT2D eigenvalue weighted by Crippen LogP contribution is -2.45. The molecule has 2 heterocycles. The quantitative estimate of drug-likeness (QED) is 0.322. The number of nitrogens with zero attached hydrogens (tertiary/aromatic N) is 2. The van der Waals surface area contributed by atoms with E-state index in [1.54, 1.807) is 23.1 Å². The van der Waals surface area contributed by atoms with E-state index in [-0.39, 0.29) is 29.7 Å². The van der Waals surface area contributed by atoms with Gasteiger partial charge < -0.3 is 15.4 Å². The molecule has 0 bridgehead atoms. The maximum absolute atomic E-state index is 12.2. The van der Waals surface area contributed by atoms with E-state index in [9.17, 15) is 8.42 Å². The second-order valence-corrected chi connectivity index (χ2v) is 8.75. The standard InChI is InChI=1S/C13H26N4O3S2.HI/c1-14-13(16-10-12-2-6-20-11-12)15-3-9-22(18,19)17-4-7-21-8-5-17;/h12H,2-11H2,1H3,(H2,14,15,16);1H. The zero-order valence-corrected chi connectivity index (χ0v) is 17.5. The van der Waals surface area contributed by atoms with E-state index in [4.69, 9.17) is 4.74 Å². The fourth-order valence-electron chi connectivity index (χ4n) is 2.46. The molecule has 0 spiro atoms. The van der Waals surface area contributed by atoms with E-state index in [0.717, 1.165) is 37.7 Å². The van der Waals surface area contributed by atoms with E-state index < -0.39 is 10.0 Å². The Bertz CT molecular complexity index is 464. The third-order valence-electron chi connectivity index (χ3n) is 3.82. The number of hydrogen-bond donors (Lipinski definition) is 2. The van der Waals surface area contributed by atoms with Gasteiger partial charge in [0.05, 0.1) is 12.4 Å². The molecule has 0 aromatic heterocycles. The summed E-state index contributed by atoms with van der Waals surface area (Å²) in [7, 11) is -1.47. The van der Waals surface area contributed by atoms with Crippen LogP contribution in [0.1, 0.15) is 6.42 Å². The highest BCUT2D eigenvalue weighted by molar-refractivity contribution is 14.0. The summed E-state index contributed by atoms with van der Waals surface area (Å²) < 4.78 is 31.4. The molecule has 2 aliphatic heterocycles. The topological polar surface area (TPSA) is 83.0 Å². The van der Waals surface area contributed by atoms with Crippen LogP contribution in [0.15, 0.2) is 4.99 Å². The predicted molar refractivity (Wildman–Crippen MR) is 106 cm³/mol. The van der Waals surface area contributed by atoms with Crippen molar-refractivity contribution in [2.45, 2.75) is 6.42 Å². The van der Waals surface area contributed by atoms with Crippen molar-refractivity contribution >= 4 is 51.7 Å². The highest BCUT2D eigenvalue weighted by atomic mass is 127. The lowest BCUT2D eigenvalue weighted by atomic mass is 10.1. The first-order valence-corrected chi connectivity index (χ1v) is 10.5. The summed E-state index contributed by atoms with van der Waals surface area (Å²) in [6.45, 7) is 4.03. The summed E-state index contributed by atoms with van der Waals surface area (Å²) in [5, 5.41) is 6.30. The zero-order chi connectivity index (χ0) is 15.8. The second-order valence-electron chi connectivity index (χ2n) is 5.44. The molecule has 136 valence electrons. The zero-order valence-electron chi connectivity index (χ0n) is 13.5. The average Bonchev–Trinajstić information content (AvgIpc) is 3.05. The molecule has 2 N–H and O–H groups in total. The van der Waals surface area contributed by atoms with Crippen LogP contribution >= 0.6 is 35.7 Å². The predicted octanol–water partition coefficient (Wildman–Crippen LogP) is 0.185. The van der Waals surface area contributed by atoms with E-state index in [1.807, 2.05) is 0 Å². The normalized spacial score (nSPS) is 23.3. The largest absolute Gasteiger partial charge is 0.381 e. The third kappa shape index (κ3) is 7.32. The van der Waals surface area contributed by atoms with Gasteiger partial charge in [0, 0.05) is 57.3 Å². The lowest BCUT2D eigenvalue weighted by Gasteiger charge is -2.25. The highest BCUT2D eigenvalue weighted by Gasteiger charge is 2.23. The second kappa shape index (κ2) is 11.0. The first-order valence-electron chi connectivity index (χ1n) is 7.69. The fourth-order valence-corrected chi connectivity index (χ4v) is 4.95. The van der Waals surface area contributed by atoms with Crippen LogP contribution in [0.5, 0.6) is 0 Å². The van der Waals surface area contributed by atoms with Gasteiger partial charge in [-0.15, -0.1) is 24.0 Å². The lowest BCUT2D eigenvalue weighted by molar-refractivity contribution is 0.186. The number of aliphatic imine (C=N–C) groups is 1. The van der Waals surface area contributed by atoms with Crippen LogP contribution in [0.25, 0.3) is 0 Å². The van der Waals surface area contributed by atoms with Crippen molar-refractivity contribution in [3.63, 3.8) is 0 Å². The highest BCUT2D eigenvalue weighted by Crippen LogP contribution is 2.13. The first-order chi connectivity index (χ1) is 10.6. The minimum atomic E-state index is -3.16. The van der Waals surface area contributed by atoms with Crippen LogP contribution in [0.3, 0.4) is 0 Å². The van der Waals surface area contributed by atoms with Crippen molar-refractivity contribution in [1.29, 1.82) is 0 Å². The van der Waals surface area contributed by atoms with Gasteiger partial charge >= 0.3 is 0 Å². The molecule has 7 nitrogen and oxygen atoms in total. The van der Waals surface area contributed by atoms with Gasteiger partial charge in [0.25, 0.3) is 0 Å². The van der Waals surface area contributed by atoms with Crippen molar-refractivity contribution in [3.05, 3.63) is 0 Å². The molecule has 0 amide bonds. The Hall–Kier alpha value is 0.220. The maximum Gasteiger partial charge on any atom is 0.215 e. The van der Waals surface area contributed by atoms with Crippen LogP contribution in [-0.4, -0.2) is 82.4 Å². The number of guanidine groups is 1. The number of ether oxygens (including phenoxy) is 1. The van der Waals surface area contributed by atoms with E-state index in [0.29, 0.717) is 31.5 Å². The molecular weight excluding hydrogens is 451 g/mol. The molecule has 10 heteroatoms. The minimum Gasteiger partial charge on any atom is -0.381 e. The summed E-state index contributed by atoms with van der Waals surface area (Å²) in [6, 6.07) is 0. The summed E-state index contributed by atoms with van der Waals surface area (Å²) in [6.07, 6.45) is 1.06. The fraction of sp³-hybridized carbons (Fsp3) is 0.923. The van der Waals surface area contributed by atoms with Crippen molar-refractivity contribution in [1.82, 2.24) is 14.9 Å². The van der Waals surface area contributed by atoms with Crippen molar-refractivity contribution in [2.24, 2.45) is 10.9 Å². The van der Waals surface area contributed by atoms with Gasteiger partial charge in [-0.1, -0.05) is 0 Å². The molecule has 2 fully saturated rings. The number of sulfonamides is 1. The van der Waals surface area contributed by atoms with Crippen LogP contribution < -0.4 is 10.6 Å². The van der Waals surface area contributed by atoms with Gasteiger partial charge in [0.1, 0.15) is 0 Å². The van der Waals surface area contributed by atoms with Crippen molar-refractivity contribution < 1.29 is 13.2 Å². The minimum absolute atomic E-state index is 0. The average molecular weight is 478 g/mol. The summed E-state index contributed by atoms with van der Waals surface area (Å²) >= 11 is 1.80. The van der Waals surface area contributed by atoms with Crippen LogP contribution in [0.2, 0.25) is 0 Å². The molecule has 1 unspecified atom stereocenters. The summed E-state index contributed by atoms with van der Waals surface area (Å²) in [4.78, 5) is 4.12. The molecular formula is C13H27IN4O3S2. The van der Waals surface area contributed by atoms with Crippen LogP contribution in [0.4, 0.5) is 0 Å². The first kappa shape index (κ1) is 21.3. The van der Waals surface area contributed by atoms with Gasteiger partial charge in [0.2, 0.25) is 10.0 Å². The Kier molecular flexibility index (Phi) is 10.1. The Morgan fingerprint density at radius 2 is 2.09 bits per heavy atom. The van der Waals surface area contributed by atoms with Crippen LogP contribution in [0, 0.1) is 5.92 Å². The third-order valence-corrected chi connectivity index (χ3v) is 6.64. The van der Waals surface area contributed by atoms with Gasteiger partial charge in [0.15, 0.2) is 5.96 Å². The molecule has 0 radical (unpaired) electrons. The van der Waals surface area contributed by atoms with Crippen molar-refractivity contribution in [2.75, 3.05) is 63.7 Å². The number of hydrogen-bond acceptors (Lipinski definition) is 5.